The molecule has 2 heterocycles. The molecule has 1 unspecified atom stereocenters. The molecule has 2 N–H and O–H groups in total. The Labute approximate surface area is 174 Å². The molecule has 29 heavy (non-hydrogen) atoms. The van der Waals surface area contributed by atoms with Crippen molar-refractivity contribution in [3.05, 3.63) is 18.2 Å². The Bertz CT molecular complexity index is 948. The highest BCUT2D eigenvalue weighted by atomic mass is 32.2. The van der Waals surface area contributed by atoms with E-state index in [9.17, 15) is 13.2 Å². The molecule has 10 heteroatoms. The number of rotatable bonds is 7. The SMILES string of the molecule is O=C(NCC1CCCO1)C1CCC(CNS(=O)(=O)c2cccc3nsnc23)CC1. The number of amides is 1. The molecule has 1 aromatic carbocycles. The van der Waals surface area contributed by atoms with Gasteiger partial charge in [-0.25, -0.2) is 13.1 Å². The van der Waals surface area contributed by atoms with Crippen LogP contribution in [0.3, 0.4) is 0 Å². The van der Waals surface area contributed by atoms with Crippen molar-refractivity contribution >= 4 is 38.7 Å². The van der Waals surface area contributed by atoms with Crippen LogP contribution in [0.2, 0.25) is 0 Å². The average Bonchev–Trinajstić information content (AvgIpc) is 3.42. The molecule has 1 amide bonds. The molecule has 1 aliphatic carbocycles. The minimum atomic E-state index is -3.64. The van der Waals surface area contributed by atoms with Crippen molar-refractivity contribution in [2.75, 3.05) is 19.7 Å². The summed E-state index contributed by atoms with van der Waals surface area (Å²) in [5.41, 5.74) is 1.00. The highest BCUT2D eigenvalue weighted by Crippen LogP contribution is 2.29. The lowest BCUT2D eigenvalue weighted by molar-refractivity contribution is -0.126. The van der Waals surface area contributed by atoms with Gasteiger partial charge in [-0.1, -0.05) is 6.07 Å². The predicted molar refractivity (Wildman–Crippen MR) is 110 cm³/mol. The van der Waals surface area contributed by atoms with E-state index in [0.29, 0.717) is 24.1 Å². The van der Waals surface area contributed by atoms with Gasteiger partial charge in [-0.2, -0.15) is 8.75 Å². The third-order valence-electron chi connectivity index (χ3n) is 5.85. The molecule has 1 aliphatic heterocycles. The van der Waals surface area contributed by atoms with E-state index in [1.165, 1.54) is 0 Å². The Morgan fingerprint density at radius 1 is 1.14 bits per heavy atom. The summed E-state index contributed by atoms with van der Waals surface area (Å²) in [5, 5.41) is 3.01. The van der Waals surface area contributed by atoms with Gasteiger partial charge in [0.15, 0.2) is 0 Å². The zero-order chi connectivity index (χ0) is 20.3. The number of benzene rings is 1. The van der Waals surface area contributed by atoms with Gasteiger partial charge in [0.2, 0.25) is 15.9 Å². The molecule has 158 valence electrons. The number of hydrogen-bond acceptors (Lipinski definition) is 7. The lowest BCUT2D eigenvalue weighted by atomic mass is 9.81. The standard InChI is InChI=1S/C19H26N4O4S2/c24-19(20-12-15-3-2-10-27-15)14-8-6-13(7-9-14)11-21-29(25,26)17-5-1-4-16-18(17)23-28-22-16/h1,4-5,13-15,21H,2-3,6-12H2,(H,20,24). The van der Waals surface area contributed by atoms with E-state index < -0.39 is 10.0 Å². The van der Waals surface area contributed by atoms with Crippen molar-refractivity contribution in [1.82, 2.24) is 18.8 Å². The molecule has 1 atom stereocenters. The largest absolute Gasteiger partial charge is 0.376 e. The minimum absolute atomic E-state index is 0.0130. The number of fused-ring (bicyclic) bond motifs is 1. The second kappa shape index (κ2) is 9.03. The summed E-state index contributed by atoms with van der Waals surface area (Å²) in [5.74, 6) is 0.348. The Morgan fingerprint density at radius 2 is 1.97 bits per heavy atom. The molecule has 1 saturated carbocycles. The van der Waals surface area contributed by atoms with Gasteiger partial charge in [0.1, 0.15) is 15.9 Å². The highest BCUT2D eigenvalue weighted by Gasteiger charge is 2.28. The minimum Gasteiger partial charge on any atom is -0.376 e. The van der Waals surface area contributed by atoms with Crippen LogP contribution in [0.5, 0.6) is 0 Å². The monoisotopic (exact) mass is 438 g/mol. The fraction of sp³-hybridized carbons (Fsp3) is 0.632. The Hall–Kier alpha value is -1.62. The first kappa shape index (κ1) is 20.6. The first-order chi connectivity index (χ1) is 14.0. The summed E-state index contributed by atoms with van der Waals surface area (Å²) in [4.78, 5) is 12.5. The van der Waals surface area contributed by atoms with Gasteiger partial charge in [0.25, 0.3) is 0 Å². The Morgan fingerprint density at radius 3 is 2.72 bits per heavy atom. The van der Waals surface area contributed by atoms with E-state index in [1.807, 2.05) is 0 Å². The first-order valence-electron chi connectivity index (χ1n) is 10.1. The van der Waals surface area contributed by atoms with Gasteiger partial charge in [-0.3, -0.25) is 4.79 Å². The number of aromatic nitrogens is 2. The van der Waals surface area contributed by atoms with Crippen LogP contribution in [0, 0.1) is 11.8 Å². The third-order valence-corrected chi connectivity index (χ3v) is 7.84. The first-order valence-corrected chi connectivity index (χ1v) is 12.3. The molecule has 8 nitrogen and oxygen atoms in total. The van der Waals surface area contributed by atoms with Crippen molar-refractivity contribution in [2.24, 2.45) is 11.8 Å². The van der Waals surface area contributed by atoms with Gasteiger partial charge in [-0.15, -0.1) is 0 Å². The van der Waals surface area contributed by atoms with Crippen LogP contribution < -0.4 is 10.0 Å². The number of sulfonamides is 1. The molecule has 2 aromatic rings. The quantitative estimate of drug-likeness (QED) is 0.685. The van der Waals surface area contributed by atoms with Crippen molar-refractivity contribution < 1.29 is 17.9 Å². The van der Waals surface area contributed by atoms with Crippen molar-refractivity contribution in [3.8, 4) is 0 Å². The van der Waals surface area contributed by atoms with E-state index in [0.717, 1.165) is 56.9 Å². The second-order valence-corrected chi connectivity index (χ2v) is 10.1. The van der Waals surface area contributed by atoms with Crippen LogP contribution in [0.15, 0.2) is 23.1 Å². The maximum atomic E-state index is 12.7. The zero-order valence-electron chi connectivity index (χ0n) is 16.2. The van der Waals surface area contributed by atoms with E-state index in [1.54, 1.807) is 18.2 Å². The third kappa shape index (κ3) is 4.93. The Kier molecular flexibility index (Phi) is 6.43. The van der Waals surface area contributed by atoms with E-state index in [-0.39, 0.29) is 28.7 Å². The highest BCUT2D eigenvalue weighted by molar-refractivity contribution is 7.89. The van der Waals surface area contributed by atoms with Crippen molar-refractivity contribution in [2.45, 2.75) is 49.5 Å². The van der Waals surface area contributed by atoms with Gasteiger partial charge < -0.3 is 10.1 Å². The van der Waals surface area contributed by atoms with Gasteiger partial charge >= 0.3 is 0 Å². The summed E-state index contributed by atoms with van der Waals surface area (Å²) in [7, 11) is -3.64. The fourth-order valence-corrected chi connectivity index (χ4v) is 5.98. The molecular weight excluding hydrogens is 412 g/mol. The zero-order valence-corrected chi connectivity index (χ0v) is 17.8. The number of carbonyl (C=O) groups excluding carboxylic acids is 1. The van der Waals surface area contributed by atoms with E-state index in [2.05, 4.69) is 18.8 Å². The van der Waals surface area contributed by atoms with Gasteiger partial charge in [0, 0.05) is 25.6 Å². The van der Waals surface area contributed by atoms with Crippen LogP contribution in [0.4, 0.5) is 0 Å². The van der Waals surface area contributed by atoms with E-state index in [4.69, 9.17) is 4.74 Å². The summed E-state index contributed by atoms with van der Waals surface area (Å²) >= 11 is 1.01. The molecule has 2 fully saturated rings. The number of nitrogens with one attached hydrogen (secondary N) is 2. The molecule has 0 spiro atoms. The summed E-state index contributed by atoms with van der Waals surface area (Å²) in [6, 6.07) is 4.99. The van der Waals surface area contributed by atoms with E-state index >= 15 is 0 Å². The predicted octanol–water partition coefficient (Wildman–Crippen LogP) is 2.07. The van der Waals surface area contributed by atoms with Crippen LogP contribution >= 0.6 is 11.7 Å². The number of hydrogen-bond donors (Lipinski definition) is 2. The normalized spacial score (nSPS) is 25.3. The molecule has 0 bridgehead atoms. The van der Waals surface area contributed by atoms with Crippen LogP contribution in [0.25, 0.3) is 11.0 Å². The number of nitrogens with zero attached hydrogens (tertiary/aromatic N) is 2. The van der Waals surface area contributed by atoms with Crippen molar-refractivity contribution in [1.29, 1.82) is 0 Å². The molecule has 1 saturated heterocycles. The lowest BCUT2D eigenvalue weighted by Crippen LogP contribution is -2.38. The molecular formula is C19H26N4O4S2. The fourth-order valence-electron chi connectivity index (χ4n) is 4.10. The van der Waals surface area contributed by atoms with Crippen molar-refractivity contribution in [3.63, 3.8) is 0 Å². The summed E-state index contributed by atoms with van der Waals surface area (Å²) in [6.07, 6.45) is 5.48. The second-order valence-electron chi connectivity index (χ2n) is 7.84. The van der Waals surface area contributed by atoms with Gasteiger partial charge in [0.05, 0.1) is 17.8 Å². The number of ether oxygens (including phenoxy) is 1. The van der Waals surface area contributed by atoms with Crippen LogP contribution in [-0.4, -0.2) is 48.9 Å². The summed E-state index contributed by atoms with van der Waals surface area (Å²) < 4.78 is 41.9. The topological polar surface area (TPSA) is 110 Å². The smallest absolute Gasteiger partial charge is 0.242 e. The lowest BCUT2D eigenvalue weighted by Gasteiger charge is -2.28. The molecule has 0 radical (unpaired) electrons. The van der Waals surface area contributed by atoms with Gasteiger partial charge in [-0.05, 0) is 56.6 Å². The number of carbonyl (C=O) groups is 1. The molecule has 4 rings (SSSR count). The average molecular weight is 439 g/mol. The maximum Gasteiger partial charge on any atom is 0.242 e. The molecule has 2 aliphatic rings. The van der Waals surface area contributed by atoms with Crippen LogP contribution in [0.1, 0.15) is 38.5 Å². The summed E-state index contributed by atoms with van der Waals surface area (Å²) in [6.45, 7) is 1.76. The molecule has 1 aromatic heterocycles. The Balaban J connectivity index is 1.25. The van der Waals surface area contributed by atoms with Crippen LogP contribution in [-0.2, 0) is 19.6 Å². The maximum absolute atomic E-state index is 12.7.